The molecule has 1 aliphatic heterocycles. The molecule has 1 amide bonds. The van der Waals surface area contributed by atoms with Crippen LogP contribution in [0.4, 0.5) is 5.69 Å². The predicted molar refractivity (Wildman–Crippen MR) is 102 cm³/mol. The van der Waals surface area contributed by atoms with E-state index in [4.69, 9.17) is 4.74 Å². The van der Waals surface area contributed by atoms with Crippen LogP contribution in [0, 0.1) is 13.8 Å². The normalized spacial score (nSPS) is 14.3. The fourth-order valence-electron chi connectivity index (χ4n) is 3.51. The average molecular weight is 371 g/mol. The van der Waals surface area contributed by atoms with E-state index in [9.17, 15) is 14.7 Å². The van der Waals surface area contributed by atoms with Gasteiger partial charge in [-0.15, -0.1) is 0 Å². The SMILES string of the molecule is CCOC(=O)c1c(C)[nH]c(C(=O)N2CCN(c3ccccc3O)CC2)c1C. The van der Waals surface area contributed by atoms with Gasteiger partial charge in [0.2, 0.25) is 0 Å². The number of para-hydroxylation sites is 2. The Labute approximate surface area is 158 Å². The van der Waals surface area contributed by atoms with Gasteiger partial charge in [-0.3, -0.25) is 4.79 Å². The number of benzene rings is 1. The number of carbonyl (C=O) groups excluding carboxylic acids is 2. The van der Waals surface area contributed by atoms with Crippen LogP contribution in [-0.4, -0.2) is 59.7 Å². The molecule has 0 unspecified atom stereocenters. The molecule has 2 aromatic rings. The number of piperazine rings is 1. The molecule has 3 rings (SSSR count). The molecule has 2 heterocycles. The molecule has 0 spiro atoms. The Morgan fingerprint density at radius 3 is 2.44 bits per heavy atom. The van der Waals surface area contributed by atoms with E-state index in [1.165, 1.54) is 0 Å². The van der Waals surface area contributed by atoms with Crippen LogP contribution in [0.3, 0.4) is 0 Å². The van der Waals surface area contributed by atoms with Crippen molar-refractivity contribution in [3.63, 3.8) is 0 Å². The van der Waals surface area contributed by atoms with Gasteiger partial charge in [0.05, 0.1) is 17.9 Å². The maximum atomic E-state index is 13.0. The molecule has 1 aromatic carbocycles. The van der Waals surface area contributed by atoms with Crippen molar-refractivity contribution in [1.29, 1.82) is 0 Å². The zero-order valence-electron chi connectivity index (χ0n) is 15.9. The second-order valence-corrected chi connectivity index (χ2v) is 6.61. The Hall–Kier alpha value is -2.96. The molecule has 0 aliphatic carbocycles. The predicted octanol–water partition coefficient (Wildman–Crippen LogP) is 2.48. The first kappa shape index (κ1) is 18.8. The number of carbonyl (C=O) groups is 2. The number of aryl methyl sites for hydroxylation is 1. The van der Waals surface area contributed by atoms with E-state index in [0.29, 0.717) is 55.3 Å². The van der Waals surface area contributed by atoms with Gasteiger partial charge in [0.25, 0.3) is 5.91 Å². The second kappa shape index (κ2) is 7.73. The Morgan fingerprint density at radius 2 is 1.81 bits per heavy atom. The Balaban J connectivity index is 1.72. The third-order valence-electron chi connectivity index (χ3n) is 4.92. The number of nitrogens with one attached hydrogen (secondary N) is 1. The number of anilines is 1. The standard InChI is InChI=1S/C20H25N3O4/c1-4-27-20(26)17-13(2)18(21-14(17)3)19(25)23-11-9-22(10-12-23)15-7-5-6-8-16(15)24/h5-8,21,24H,4,9-12H2,1-3H3. The number of aromatic amines is 1. The molecular formula is C20H25N3O4. The van der Waals surface area contributed by atoms with Crippen LogP contribution in [0.25, 0.3) is 0 Å². The monoisotopic (exact) mass is 371 g/mol. The van der Waals surface area contributed by atoms with Crippen LogP contribution in [0.1, 0.15) is 39.0 Å². The maximum Gasteiger partial charge on any atom is 0.340 e. The zero-order valence-corrected chi connectivity index (χ0v) is 15.9. The van der Waals surface area contributed by atoms with E-state index in [0.717, 1.165) is 5.69 Å². The molecule has 1 saturated heterocycles. The molecule has 27 heavy (non-hydrogen) atoms. The number of phenolic OH excluding ortho intramolecular Hbond substituents is 1. The van der Waals surface area contributed by atoms with Crippen LogP contribution < -0.4 is 4.90 Å². The van der Waals surface area contributed by atoms with E-state index in [1.807, 2.05) is 12.1 Å². The number of ether oxygens (including phenoxy) is 1. The van der Waals surface area contributed by atoms with Crippen LogP contribution in [-0.2, 0) is 4.74 Å². The van der Waals surface area contributed by atoms with E-state index >= 15 is 0 Å². The number of H-pyrrole nitrogens is 1. The molecule has 0 bridgehead atoms. The first-order valence-corrected chi connectivity index (χ1v) is 9.12. The molecule has 1 aromatic heterocycles. The van der Waals surface area contributed by atoms with E-state index in [2.05, 4.69) is 9.88 Å². The molecule has 7 nitrogen and oxygen atoms in total. The van der Waals surface area contributed by atoms with Crippen molar-refractivity contribution < 1.29 is 19.4 Å². The summed E-state index contributed by atoms with van der Waals surface area (Å²) in [4.78, 5) is 32.0. The molecule has 0 saturated carbocycles. The van der Waals surface area contributed by atoms with Gasteiger partial charge in [-0.25, -0.2) is 4.79 Å². The Morgan fingerprint density at radius 1 is 1.15 bits per heavy atom. The van der Waals surface area contributed by atoms with Gasteiger partial charge in [0.1, 0.15) is 11.4 Å². The summed E-state index contributed by atoms with van der Waals surface area (Å²) in [6.07, 6.45) is 0. The minimum atomic E-state index is -0.410. The van der Waals surface area contributed by atoms with Gasteiger partial charge in [-0.2, -0.15) is 0 Å². The summed E-state index contributed by atoms with van der Waals surface area (Å²) in [6, 6.07) is 7.20. The number of aromatic hydroxyl groups is 1. The van der Waals surface area contributed by atoms with Gasteiger partial charge in [0.15, 0.2) is 0 Å². The fraction of sp³-hybridized carbons (Fsp3) is 0.400. The van der Waals surface area contributed by atoms with Crippen molar-refractivity contribution in [2.45, 2.75) is 20.8 Å². The summed E-state index contributed by atoms with van der Waals surface area (Å²) < 4.78 is 5.09. The van der Waals surface area contributed by atoms with Crippen molar-refractivity contribution in [2.24, 2.45) is 0 Å². The molecule has 1 aliphatic rings. The van der Waals surface area contributed by atoms with Gasteiger partial charge in [0, 0.05) is 31.9 Å². The molecule has 7 heteroatoms. The minimum absolute atomic E-state index is 0.122. The highest BCUT2D eigenvalue weighted by molar-refractivity contribution is 6.00. The van der Waals surface area contributed by atoms with Crippen molar-refractivity contribution in [3.8, 4) is 5.75 Å². The highest BCUT2D eigenvalue weighted by Gasteiger charge is 2.28. The van der Waals surface area contributed by atoms with Crippen molar-refractivity contribution in [1.82, 2.24) is 9.88 Å². The first-order chi connectivity index (χ1) is 12.9. The number of esters is 1. The largest absolute Gasteiger partial charge is 0.506 e. The number of aromatic nitrogens is 1. The van der Waals surface area contributed by atoms with Crippen LogP contribution >= 0.6 is 0 Å². The Bertz CT molecular complexity index is 851. The summed E-state index contributed by atoms with van der Waals surface area (Å²) in [7, 11) is 0. The number of rotatable bonds is 4. The molecule has 144 valence electrons. The fourth-order valence-corrected chi connectivity index (χ4v) is 3.51. The first-order valence-electron chi connectivity index (χ1n) is 9.12. The summed E-state index contributed by atoms with van der Waals surface area (Å²) in [5.41, 5.74) is 2.92. The van der Waals surface area contributed by atoms with Gasteiger partial charge in [-0.05, 0) is 38.5 Å². The smallest absolute Gasteiger partial charge is 0.340 e. The molecule has 1 fully saturated rings. The van der Waals surface area contributed by atoms with Crippen LogP contribution in [0.5, 0.6) is 5.75 Å². The van der Waals surface area contributed by atoms with Gasteiger partial charge >= 0.3 is 5.97 Å². The van der Waals surface area contributed by atoms with Crippen molar-refractivity contribution >= 4 is 17.6 Å². The lowest BCUT2D eigenvalue weighted by Gasteiger charge is -2.36. The Kier molecular flexibility index (Phi) is 5.39. The van der Waals surface area contributed by atoms with Crippen molar-refractivity contribution in [3.05, 3.63) is 46.8 Å². The quantitative estimate of drug-likeness (QED) is 0.807. The molecule has 0 atom stereocenters. The highest BCUT2D eigenvalue weighted by Crippen LogP contribution is 2.28. The summed E-state index contributed by atoms with van der Waals surface area (Å²) in [5.74, 6) is -0.289. The van der Waals surface area contributed by atoms with E-state index in [1.54, 1.807) is 37.8 Å². The lowest BCUT2D eigenvalue weighted by molar-refractivity contribution is 0.0525. The van der Waals surface area contributed by atoms with Gasteiger partial charge in [-0.1, -0.05) is 12.1 Å². The minimum Gasteiger partial charge on any atom is -0.506 e. The number of hydrogen-bond donors (Lipinski definition) is 2. The van der Waals surface area contributed by atoms with E-state index in [-0.39, 0.29) is 11.7 Å². The second-order valence-electron chi connectivity index (χ2n) is 6.61. The number of nitrogens with zero attached hydrogens (tertiary/aromatic N) is 2. The van der Waals surface area contributed by atoms with Crippen molar-refractivity contribution in [2.75, 3.05) is 37.7 Å². The lowest BCUT2D eigenvalue weighted by atomic mass is 10.1. The van der Waals surface area contributed by atoms with Gasteiger partial charge < -0.3 is 24.6 Å². The van der Waals surface area contributed by atoms with Crippen LogP contribution in [0.2, 0.25) is 0 Å². The lowest BCUT2D eigenvalue weighted by Crippen LogP contribution is -2.49. The molecule has 0 radical (unpaired) electrons. The highest BCUT2D eigenvalue weighted by atomic mass is 16.5. The summed E-state index contributed by atoms with van der Waals surface area (Å²) in [5, 5.41) is 10.0. The third-order valence-corrected chi connectivity index (χ3v) is 4.92. The average Bonchev–Trinajstić information content (AvgIpc) is 2.96. The number of amides is 1. The maximum absolute atomic E-state index is 13.0. The molecule has 2 N–H and O–H groups in total. The van der Waals surface area contributed by atoms with E-state index < -0.39 is 5.97 Å². The van der Waals surface area contributed by atoms with Crippen LogP contribution in [0.15, 0.2) is 24.3 Å². The summed E-state index contributed by atoms with van der Waals surface area (Å²) in [6.45, 7) is 7.93. The third kappa shape index (κ3) is 3.63. The molecular weight excluding hydrogens is 346 g/mol. The number of phenols is 1. The zero-order chi connectivity index (χ0) is 19.6. The summed E-state index contributed by atoms with van der Waals surface area (Å²) >= 11 is 0. The topological polar surface area (TPSA) is 85.9 Å². The number of hydrogen-bond acceptors (Lipinski definition) is 5.